The molecule has 0 aliphatic heterocycles. The van der Waals surface area contributed by atoms with Crippen LogP contribution in [0.15, 0.2) is 38.6 Å². The number of nitriles is 1. The predicted molar refractivity (Wildman–Crippen MR) is 78.2 cm³/mol. The Kier molecular flexibility index (Phi) is 4.21. The largest absolute Gasteiger partial charge is 0.379 e. The van der Waals surface area contributed by atoms with Gasteiger partial charge in [0.05, 0.1) is 11.3 Å². The molecule has 0 saturated heterocycles. The second-order valence-corrected chi connectivity index (χ2v) is 6.21. The molecule has 0 aliphatic rings. The topological polar surface area (TPSA) is 35.8 Å². The number of rotatable bonds is 3. The lowest BCUT2D eigenvalue weighted by molar-refractivity contribution is 1.19. The average Bonchev–Trinajstić information content (AvgIpc) is 2.73. The van der Waals surface area contributed by atoms with E-state index in [1.807, 2.05) is 23.6 Å². The first kappa shape index (κ1) is 12.6. The van der Waals surface area contributed by atoms with Crippen molar-refractivity contribution in [2.75, 3.05) is 5.32 Å². The highest BCUT2D eigenvalue weighted by atomic mass is 79.9. The maximum atomic E-state index is 9.03. The third kappa shape index (κ3) is 3.32. The molecule has 0 aliphatic carbocycles. The quantitative estimate of drug-likeness (QED) is 0.844. The van der Waals surface area contributed by atoms with Gasteiger partial charge in [-0.15, -0.1) is 11.3 Å². The van der Waals surface area contributed by atoms with E-state index >= 15 is 0 Å². The fourth-order valence-corrected chi connectivity index (χ4v) is 3.14. The van der Waals surface area contributed by atoms with Gasteiger partial charge in [0.15, 0.2) is 0 Å². The number of benzene rings is 1. The second-order valence-electron chi connectivity index (χ2n) is 3.39. The Labute approximate surface area is 121 Å². The minimum Gasteiger partial charge on any atom is -0.379 e. The Bertz CT molecular complexity index is 572. The van der Waals surface area contributed by atoms with E-state index in [-0.39, 0.29) is 0 Å². The van der Waals surface area contributed by atoms with E-state index in [1.54, 1.807) is 11.3 Å². The summed E-state index contributed by atoms with van der Waals surface area (Å²) in [6, 6.07) is 9.90. The normalized spacial score (nSPS) is 9.94. The Morgan fingerprint density at radius 1 is 1.24 bits per heavy atom. The number of thiophene rings is 1. The molecule has 1 N–H and O–H groups in total. The molecule has 0 saturated carbocycles. The van der Waals surface area contributed by atoms with Gasteiger partial charge in [-0.25, -0.2) is 0 Å². The smallest absolute Gasteiger partial charge is 0.101 e. The molecule has 5 heteroatoms. The first-order valence-corrected chi connectivity index (χ1v) is 7.32. The Morgan fingerprint density at radius 3 is 2.71 bits per heavy atom. The van der Waals surface area contributed by atoms with E-state index in [0.717, 1.165) is 21.2 Å². The standard InChI is InChI=1S/C12H8Br2N2S/c13-9-1-2-12(8(3-9)5-15)16-6-11-4-10(14)7-17-11/h1-4,7,16H,6H2. The van der Waals surface area contributed by atoms with Gasteiger partial charge < -0.3 is 5.32 Å². The van der Waals surface area contributed by atoms with Crippen molar-refractivity contribution in [3.63, 3.8) is 0 Å². The Hall–Kier alpha value is -0.830. The fraction of sp³-hybridized carbons (Fsp3) is 0.0833. The van der Waals surface area contributed by atoms with Crippen molar-refractivity contribution in [3.8, 4) is 6.07 Å². The van der Waals surface area contributed by atoms with E-state index < -0.39 is 0 Å². The number of anilines is 1. The molecule has 0 bridgehead atoms. The van der Waals surface area contributed by atoms with Crippen molar-refractivity contribution in [1.29, 1.82) is 5.26 Å². The molecule has 0 fully saturated rings. The lowest BCUT2D eigenvalue weighted by atomic mass is 10.2. The summed E-state index contributed by atoms with van der Waals surface area (Å²) in [6.45, 7) is 0.729. The summed E-state index contributed by atoms with van der Waals surface area (Å²) >= 11 is 8.46. The minimum atomic E-state index is 0.648. The van der Waals surface area contributed by atoms with Crippen LogP contribution < -0.4 is 5.32 Å². The summed E-state index contributed by atoms with van der Waals surface area (Å²) in [5.41, 5.74) is 1.51. The van der Waals surface area contributed by atoms with Crippen LogP contribution in [-0.2, 0) is 6.54 Å². The molecule has 17 heavy (non-hydrogen) atoms. The third-order valence-electron chi connectivity index (χ3n) is 2.18. The minimum absolute atomic E-state index is 0.648. The maximum Gasteiger partial charge on any atom is 0.101 e. The highest BCUT2D eigenvalue weighted by Crippen LogP contribution is 2.23. The van der Waals surface area contributed by atoms with Crippen LogP contribution in [0.25, 0.3) is 0 Å². The number of nitrogens with zero attached hydrogens (tertiary/aromatic N) is 1. The van der Waals surface area contributed by atoms with Gasteiger partial charge in [-0.1, -0.05) is 15.9 Å². The number of nitrogens with one attached hydrogen (secondary N) is 1. The number of hydrogen-bond donors (Lipinski definition) is 1. The van der Waals surface area contributed by atoms with Crippen LogP contribution >= 0.6 is 43.2 Å². The van der Waals surface area contributed by atoms with Crippen molar-refractivity contribution >= 4 is 48.9 Å². The second kappa shape index (κ2) is 5.67. The van der Waals surface area contributed by atoms with Crippen molar-refractivity contribution < 1.29 is 0 Å². The molecule has 1 heterocycles. The molecule has 0 spiro atoms. The van der Waals surface area contributed by atoms with Crippen LogP contribution in [0.2, 0.25) is 0 Å². The highest BCUT2D eigenvalue weighted by Gasteiger charge is 2.03. The Morgan fingerprint density at radius 2 is 2.06 bits per heavy atom. The molecule has 2 rings (SSSR count). The van der Waals surface area contributed by atoms with Crippen molar-refractivity contribution in [3.05, 3.63) is 49.0 Å². The zero-order valence-electron chi connectivity index (χ0n) is 8.71. The monoisotopic (exact) mass is 370 g/mol. The van der Waals surface area contributed by atoms with Gasteiger partial charge in [0, 0.05) is 25.7 Å². The first-order chi connectivity index (χ1) is 8.19. The van der Waals surface area contributed by atoms with Gasteiger partial charge in [0.2, 0.25) is 0 Å². The average molecular weight is 372 g/mol. The van der Waals surface area contributed by atoms with Crippen LogP contribution in [0.4, 0.5) is 5.69 Å². The van der Waals surface area contributed by atoms with Crippen LogP contribution in [-0.4, -0.2) is 0 Å². The van der Waals surface area contributed by atoms with Crippen LogP contribution in [0.1, 0.15) is 10.4 Å². The predicted octanol–water partition coefficient (Wildman–Crippen LogP) is 4.76. The summed E-state index contributed by atoms with van der Waals surface area (Å²) in [5, 5.41) is 14.3. The maximum absolute atomic E-state index is 9.03. The molecule has 0 radical (unpaired) electrons. The molecule has 86 valence electrons. The molecule has 0 amide bonds. The van der Waals surface area contributed by atoms with Gasteiger partial charge in [-0.05, 0) is 40.2 Å². The van der Waals surface area contributed by atoms with E-state index in [0.29, 0.717) is 5.56 Å². The van der Waals surface area contributed by atoms with Gasteiger partial charge in [0.25, 0.3) is 0 Å². The number of halogens is 2. The van der Waals surface area contributed by atoms with E-state index in [1.165, 1.54) is 4.88 Å². The molecular weight excluding hydrogens is 364 g/mol. The lowest BCUT2D eigenvalue weighted by Crippen LogP contribution is -1.99. The van der Waals surface area contributed by atoms with Gasteiger partial charge >= 0.3 is 0 Å². The summed E-state index contributed by atoms with van der Waals surface area (Å²) < 4.78 is 2.01. The summed E-state index contributed by atoms with van der Waals surface area (Å²) in [4.78, 5) is 1.23. The van der Waals surface area contributed by atoms with Crippen LogP contribution in [0, 0.1) is 11.3 Å². The fourth-order valence-electron chi connectivity index (χ4n) is 1.39. The highest BCUT2D eigenvalue weighted by molar-refractivity contribution is 9.10. The van der Waals surface area contributed by atoms with E-state index in [4.69, 9.17) is 5.26 Å². The SMILES string of the molecule is N#Cc1cc(Br)ccc1NCc1cc(Br)cs1. The van der Waals surface area contributed by atoms with Gasteiger partial charge in [0.1, 0.15) is 6.07 Å². The van der Waals surface area contributed by atoms with Crippen LogP contribution in [0.5, 0.6) is 0 Å². The van der Waals surface area contributed by atoms with Crippen LogP contribution in [0.3, 0.4) is 0 Å². The van der Waals surface area contributed by atoms with Crippen molar-refractivity contribution in [2.45, 2.75) is 6.54 Å². The van der Waals surface area contributed by atoms with Crippen molar-refractivity contribution in [1.82, 2.24) is 0 Å². The third-order valence-corrected chi connectivity index (χ3v) is 4.37. The first-order valence-electron chi connectivity index (χ1n) is 4.85. The molecular formula is C12H8Br2N2S. The Balaban J connectivity index is 2.12. The molecule has 1 aromatic carbocycles. The molecule has 0 unspecified atom stereocenters. The van der Waals surface area contributed by atoms with Crippen molar-refractivity contribution in [2.24, 2.45) is 0 Å². The van der Waals surface area contributed by atoms with Gasteiger partial charge in [-0.2, -0.15) is 5.26 Å². The number of hydrogen-bond acceptors (Lipinski definition) is 3. The van der Waals surface area contributed by atoms with E-state index in [9.17, 15) is 0 Å². The molecule has 1 aromatic heterocycles. The zero-order chi connectivity index (χ0) is 12.3. The van der Waals surface area contributed by atoms with Gasteiger partial charge in [-0.3, -0.25) is 0 Å². The summed E-state index contributed by atoms with van der Waals surface area (Å²) in [6.07, 6.45) is 0. The van der Waals surface area contributed by atoms with E-state index in [2.05, 4.69) is 49.3 Å². The zero-order valence-corrected chi connectivity index (χ0v) is 12.7. The summed E-state index contributed by atoms with van der Waals surface area (Å²) in [5.74, 6) is 0. The molecule has 2 nitrogen and oxygen atoms in total. The lowest BCUT2D eigenvalue weighted by Gasteiger charge is -2.07. The summed E-state index contributed by atoms with van der Waals surface area (Å²) in [7, 11) is 0. The molecule has 2 aromatic rings. The molecule has 0 atom stereocenters.